The van der Waals surface area contributed by atoms with Crippen molar-refractivity contribution in [1.82, 2.24) is 0 Å². The van der Waals surface area contributed by atoms with Crippen molar-refractivity contribution in [1.29, 1.82) is 0 Å². The molecule has 9 heteroatoms. The molecule has 0 bridgehead atoms. The second-order valence-corrected chi connectivity index (χ2v) is 6.07. The number of nitro groups is 1. The lowest BCUT2D eigenvalue weighted by Crippen LogP contribution is -2.25. The van der Waals surface area contributed by atoms with Gasteiger partial charge in [-0.3, -0.25) is 14.8 Å². The Morgan fingerprint density at radius 2 is 2.10 bits per heavy atom. The van der Waals surface area contributed by atoms with E-state index in [-0.39, 0.29) is 29.5 Å². The first-order chi connectivity index (χ1) is 9.79. The smallest absolute Gasteiger partial charge is 0.311 e. The van der Waals surface area contributed by atoms with Crippen LogP contribution in [0.4, 0.5) is 11.4 Å². The Labute approximate surface area is 123 Å². The van der Waals surface area contributed by atoms with Gasteiger partial charge in [0, 0.05) is 19.2 Å². The van der Waals surface area contributed by atoms with E-state index in [2.05, 4.69) is 4.72 Å². The highest BCUT2D eigenvalue weighted by atomic mass is 32.2. The molecule has 0 radical (unpaired) electrons. The molecule has 0 heterocycles. The highest BCUT2D eigenvalue weighted by Crippen LogP contribution is 2.30. The van der Waals surface area contributed by atoms with Crippen molar-refractivity contribution in [2.24, 2.45) is 0 Å². The van der Waals surface area contributed by atoms with Crippen LogP contribution in [0, 0.1) is 10.1 Å². The number of methoxy groups -OCH3 is 1. The van der Waals surface area contributed by atoms with Crippen molar-refractivity contribution in [2.45, 2.75) is 20.0 Å². The Hall–Kier alpha value is -1.87. The summed E-state index contributed by atoms with van der Waals surface area (Å²) in [5, 5.41) is 10.8. The van der Waals surface area contributed by atoms with E-state index in [1.807, 2.05) is 0 Å². The predicted molar refractivity (Wildman–Crippen MR) is 78.1 cm³/mol. The number of anilines is 1. The molecule has 0 amide bonds. The number of hydrogen-bond donors (Lipinski definition) is 1. The van der Waals surface area contributed by atoms with Crippen molar-refractivity contribution in [3.05, 3.63) is 28.3 Å². The van der Waals surface area contributed by atoms with Gasteiger partial charge in [-0.1, -0.05) is 0 Å². The Morgan fingerprint density at radius 1 is 1.43 bits per heavy atom. The molecule has 1 aromatic carbocycles. The Bertz CT molecular complexity index is 602. The number of sulfonamides is 1. The van der Waals surface area contributed by atoms with Gasteiger partial charge in [-0.25, -0.2) is 8.42 Å². The molecule has 118 valence electrons. The highest BCUT2D eigenvalue weighted by molar-refractivity contribution is 7.92. The Morgan fingerprint density at radius 3 is 2.62 bits per heavy atom. The molecule has 1 rings (SSSR count). The van der Waals surface area contributed by atoms with Crippen LogP contribution in [-0.2, 0) is 14.8 Å². The molecule has 0 aliphatic carbocycles. The summed E-state index contributed by atoms with van der Waals surface area (Å²) in [6.45, 7) is 3.54. The molecule has 0 saturated heterocycles. The summed E-state index contributed by atoms with van der Waals surface area (Å²) in [6, 6.07) is 3.80. The molecular weight excluding hydrogens is 300 g/mol. The number of benzene rings is 1. The summed E-state index contributed by atoms with van der Waals surface area (Å²) in [7, 11) is -2.20. The summed E-state index contributed by atoms with van der Waals surface area (Å²) in [4.78, 5) is 10.3. The van der Waals surface area contributed by atoms with E-state index < -0.39 is 21.1 Å². The van der Waals surface area contributed by atoms with Crippen LogP contribution in [0.25, 0.3) is 0 Å². The van der Waals surface area contributed by atoms with Crippen molar-refractivity contribution in [2.75, 3.05) is 24.2 Å². The lowest BCUT2D eigenvalue weighted by atomic mass is 10.2. The zero-order valence-electron chi connectivity index (χ0n) is 12.0. The normalized spacial score (nSPS) is 12.7. The molecule has 1 aromatic rings. The van der Waals surface area contributed by atoms with E-state index in [1.54, 1.807) is 13.8 Å². The van der Waals surface area contributed by atoms with Crippen LogP contribution >= 0.6 is 0 Å². The molecule has 1 unspecified atom stereocenters. The van der Waals surface area contributed by atoms with Gasteiger partial charge in [0.25, 0.3) is 0 Å². The fourth-order valence-corrected chi connectivity index (χ4v) is 2.92. The zero-order chi connectivity index (χ0) is 16.0. The molecule has 1 N–H and O–H groups in total. The summed E-state index contributed by atoms with van der Waals surface area (Å²) in [5.74, 6) is -0.202. The van der Waals surface area contributed by atoms with Gasteiger partial charge in [-0.2, -0.15) is 0 Å². The molecule has 0 fully saturated rings. The van der Waals surface area contributed by atoms with Gasteiger partial charge < -0.3 is 9.47 Å². The molecule has 8 nitrogen and oxygen atoms in total. The zero-order valence-corrected chi connectivity index (χ0v) is 12.8. The number of rotatable bonds is 8. The largest absolute Gasteiger partial charge is 0.487 e. The van der Waals surface area contributed by atoms with Crippen LogP contribution in [0.2, 0.25) is 0 Å². The third-order valence-electron chi connectivity index (χ3n) is 2.59. The van der Waals surface area contributed by atoms with Crippen LogP contribution in [0.5, 0.6) is 5.75 Å². The fraction of sp³-hybridized carbons (Fsp3) is 0.500. The standard InChI is InChI=1S/C12H18N2O6S/c1-4-20-12-7-10(5-6-11(12)14(15)16)13-21(17,18)8-9(2)19-3/h5-7,9,13H,4,8H2,1-3H3. The van der Waals surface area contributed by atoms with E-state index in [1.165, 1.54) is 25.3 Å². The Kier molecular flexibility index (Phi) is 5.91. The Balaban J connectivity index is 2.99. The molecular formula is C12H18N2O6S. The molecule has 0 aliphatic heterocycles. The van der Waals surface area contributed by atoms with E-state index in [0.29, 0.717) is 0 Å². The van der Waals surface area contributed by atoms with Gasteiger partial charge in [0.15, 0.2) is 5.75 Å². The fourth-order valence-electron chi connectivity index (χ4n) is 1.60. The van der Waals surface area contributed by atoms with Crippen LogP contribution in [0.15, 0.2) is 18.2 Å². The lowest BCUT2D eigenvalue weighted by Gasteiger charge is -2.13. The monoisotopic (exact) mass is 318 g/mol. The third kappa shape index (κ3) is 5.20. The van der Waals surface area contributed by atoms with Crippen LogP contribution in [-0.4, -0.2) is 38.9 Å². The first-order valence-corrected chi connectivity index (χ1v) is 7.88. The predicted octanol–water partition coefficient (Wildman–Crippen LogP) is 1.77. The maximum Gasteiger partial charge on any atom is 0.311 e. The average molecular weight is 318 g/mol. The summed E-state index contributed by atoms with van der Waals surface area (Å²) in [6.07, 6.45) is -0.466. The van der Waals surface area contributed by atoms with Crippen molar-refractivity contribution >= 4 is 21.4 Å². The van der Waals surface area contributed by atoms with Gasteiger partial charge in [0.05, 0.1) is 29.1 Å². The summed E-state index contributed by atoms with van der Waals surface area (Å²) in [5.41, 5.74) is -0.0163. The van der Waals surface area contributed by atoms with Gasteiger partial charge in [0.1, 0.15) is 0 Å². The number of hydrogen-bond acceptors (Lipinski definition) is 6. The minimum Gasteiger partial charge on any atom is -0.487 e. The quantitative estimate of drug-likeness (QED) is 0.578. The summed E-state index contributed by atoms with van der Waals surface area (Å²) >= 11 is 0. The van der Waals surface area contributed by atoms with E-state index >= 15 is 0 Å². The number of ether oxygens (including phenoxy) is 2. The topological polar surface area (TPSA) is 108 Å². The number of nitrogens with zero attached hydrogens (tertiary/aromatic N) is 1. The molecule has 1 atom stereocenters. The highest BCUT2D eigenvalue weighted by Gasteiger charge is 2.19. The van der Waals surface area contributed by atoms with Gasteiger partial charge in [-0.15, -0.1) is 0 Å². The van der Waals surface area contributed by atoms with E-state index in [9.17, 15) is 18.5 Å². The SMILES string of the molecule is CCOc1cc(NS(=O)(=O)CC(C)OC)ccc1[N+](=O)[O-]. The minimum absolute atomic E-state index is 0.0162. The van der Waals surface area contributed by atoms with Crippen molar-refractivity contribution in [3.63, 3.8) is 0 Å². The maximum absolute atomic E-state index is 11.9. The first kappa shape index (κ1) is 17.2. The van der Waals surface area contributed by atoms with E-state index in [0.717, 1.165) is 0 Å². The summed E-state index contributed by atoms with van der Waals surface area (Å²) < 4.78 is 36.2. The molecule has 0 spiro atoms. The number of nitro benzene ring substituents is 1. The maximum atomic E-state index is 11.9. The second-order valence-electron chi connectivity index (χ2n) is 4.30. The first-order valence-electron chi connectivity index (χ1n) is 6.23. The van der Waals surface area contributed by atoms with Crippen LogP contribution < -0.4 is 9.46 Å². The molecule has 21 heavy (non-hydrogen) atoms. The van der Waals surface area contributed by atoms with Crippen LogP contribution in [0.3, 0.4) is 0 Å². The number of nitrogens with one attached hydrogen (secondary N) is 1. The van der Waals surface area contributed by atoms with E-state index in [4.69, 9.17) is 9.47 Å². The van der Waals surface area contributed by atoms with Gasteiger partial charge >= 0.3 is 5.69 Å². The van der Waals surface area contributed by atoms with Crippen molar-refractivity contribution < 1.29 is 22.8 Å². The minimum atomic E-state index is -3.61. The molecule has 0 aromatic heterocycles. The average Bonchev–Trinajstić information content (AvgIpc) is 2.37. The van der Waals surface area contributed by atoms with Crippen molar-refractivity contribution in [3.8, 4) is 5.75 Å². The molecule has 0 saturated carbocycles. The van der Waals surface area contributed by atoms with Gasteiger partial charge in [0.2, 0.25) is 10.0 Å². The molecule has 0 aliphatic rings. The van der Waals surface area contributed by atoms with Gasteiger partial charge in [-0.05, 0) is 19.9 Å². The lowest BCUT2D eigenvalue weighted by molar-refractivity contribution is -0.385. The third-order valence-corrected chi connectivity index (χ3v) is 4.04. The second kappa shape index (κ2) is 7.23. The van der Waals surface area contributed by atoms with Crippen LogP contribution in [0.1, 0.15) is 13.8 Å².